The summed E-state index contributed by atoms with van der Waals surface area (Å²) in [5, 5.41) is 0. The summed E-state index contributed by atoms with van der Waals surface area (Å²) in [6, 6.07) is 4.31. The Kier molecular flexibility index (Phi) is 4.72. The summed E-state index contributed by atoms with van der Waals surface area (Å²) in [5.74, 6) is -0.0438. The molecule has 0 heterocycles. The van der Waals surface area contributed by atoms with E-state index in [-0.39, 0.29) is 18.0 Å². The maximum Gasteiger partial charge on any atom is 0.138 e. The van der Waals surface area contributed by atoms with Gasteiger partial charge in [0.05, 0.1) is 0 Å². The van der Waals surface area contributed by atoms with E-state index in [1.54, 1.807) is 6.07 Å². The fourth-order valence-corrected chi connectivity index (χ4v) is 1.58. The third-order valence-corrected chi connectivity index (χ3v) is 2.34. The monoisotopic (exact) mass is 229 g/mol. The summed E-state index contributed by atoms with van der Waals surface area (Å²) in [7, 11) is 0. The third-order valence-electron chi connectivity index (χ3n) is 2.15. The quantitative estimate of drug-likeness (QED) is 0.785. The molecular weight excluding hydrogens is 217 g/mol. The first-order valence-corrected chi connectivity index (χ1v) is 5.26. The molecule has 15 heavy (non-hydrogen) atoms. The highest BCUT2D eigenvalue weighted by atomic mass is 35.5. The van der Waals surface area contributed by atoms with E-state index in [4.69, 9.17) is 17.3 Å². The Hall–Kier alpha value is -0.930. The molecule has 0 aliphatic carbocycles. The van der Waals surface area contributed by atoms with Crippen molar-refractivity contribution in [1.29, 1.82) is 0 Å². The molecule has 2 nitrogen and oxygen atoms in total. The summed E-state index contributed by atoms with van der Waals surface area (Å²) in [6.07, 6.45) is 0.513. The zero-order valence-corrected chi connectivity index (χ0v) is 9.06. The number of halogens is 2. The van der Waals surface area contributed by atoms with E-state index in [9.17, 15) is 9.18 Å². The van der Waals surface area contributed by atoms with Crippen molar-refractivity contribution in [2.45, 2.75) is 19.4 Å². The zero-order chi connectivity index (χ0) is 11.3. The molecule has 4 heteroatoms. The molecule has 1 rings (SSSR count). The number of rotatable bonds is 5. The van der Waals surface area contributed by atoms with Crippen LogP contribution >= 0.6 is 11.6 Å². The number of hydrogen-bond donors (Lipinski definition) is 1. The Morgan fingerprint density at radius 2 is 2.13 bits per heavy atom. The summed E-state index contributed by atoms with van der Waals surface area (Å²) in [4.78, 5) is 11.3. The van der Waals surface area contributed by atoms with Crippen LogP contribution in [0.4, 0.5) is 4.39 Å². The minimum atomic E-state index is -0.346. The van der Waals surface area contributed by atoms with Crippen LogP contribution in [-0.4, -0.2) is 11.7 Å². The minimum absolute atomic E-state index is 0.00491. The lowest BCUT2D eigenvalue weighted by atomic mass is 10.0. The lowest BCUT2D eigenvalue weighted by Gasteiger charge is -2.06. The van der Waals surface area contributed by atoms with E-state index in [1.807, 2.05) is 0 Å². The van der Waals surface area contributed by atoms with E-state index < -0.39 is 0 Å². The largest absolute Gasteiger partial charge is 0.326 e. The molecule has 1 aromatic rings. The number of alkyl halides is 1. The number of ketones is 1. The highest BCUT2D eigenvalue weighted by Gasteiger charge is 2.08. The van der Waals surface area contributed by atoms with Gasteiger partial charge in [-0.05, 0) is 23.3 Å². The Labute approximate surface area is 93.2 Å². The van der Waals surface area contributed by atoms with Crippen LogP contribution in [0.2, 0.25) is 0 Å². The number of carbonyl (C=O) groups excluding carboxylic acids is 1. The van der Waals surface area contributed by atoms with Crippen LogP contribution < -0.4 is 5.73 Å². The third kappa shape index (κ3) is 3.61. The van der Waals surface area contributed by atoms with Gasteiger partial charge in [0, 0.05) is 25.3 Å². The first-order valence-electron chi connectivity index (χ1n) is 4.72. The standard InChI is InChI=1S/C11H13ClFNO/c12-4-3-11(15)6-9-5-10(13)2-1-8(9)7-14/h1-2,5H,3-4,6-7,14H2. The van der Waals surface area contributed by atoms with Gasteiger partial charge in [-0.1, -0.05) is 6.07 Å². The van der Waals surface area contributed by atoms with Crippen LogP contribution in [0.25, 0.3) is 0 Å². The van der Waals surface area contributed by atoms with Gasteiger partial charge in [-0.2, -0.15) is 0 Å². The maximum atomic E-state index is 12.9. The minimum Gasteiger partial charge on any atom is -0.326 e. The van der Waals surface area contributed by atoms with Gasteiger partial charge < -0.3 is 5.73 Å². The summed E-state index contributed by atoms with van der Waals surface area (Å²) in [6.45, 7) is 0.309. The van der Waals surface area contributed by atoms with Gasteiger partial charge in [-0.3, -0.25) is 4.79 Å². The fraction of sp³-hybridized carbons (Fsp3) is 0.364. The Morgan fingerprint density at radius 3 is 2.73 bits per heavy atom. The molecule has 0 fully saturated rings. The molecular formula is C11H13ClFNO. The van der Waals surface area contributed by atoms with Crippen LogP contribution in [0.3, 0.4) is 0 Å². The van der Waals surface area contributed by atoms with Gasteiger partial charge in [0.1, 0.15) is 11.6 Å². The van der Waals surface area contributed by atoms with Crippen molar-refractivity contribution in [2.24, 2.45) is 5.73 Å². The first-order chi connectivity index (χ1) is 7.17. The van der Waals surface area contributed by atoms with E-state index in [0.717, 1.165) is 5.56 Å². The molecule has 0 radical (unpaired) electrons. The lowest BCUT2D eigenvalue weighted by Crippen LogP contribution is -2.08. The molecule has 0 saturated heterocycles. The van der Waals surface area contributed by atoms with Gasteiger partial charge in [-0.15, -0.1) is 11.6 Å². The molecule has 0 amide bonds. The second-order valence-corrected chi connectivity index (χ2v) is 3.65. The molecule has 0 atom stereocenters. The number of nitrogens with two attached hydrogens (primary N) is 1. The normalized spacial score (nSPS) is 10.3. The molecule has 0 bridgehead atoms. The van der Waals surface area contributed by atoms with Crippen molar-refractivity contribution in [1.82, 2.24) is 0 Å². The number of hydrogen-bond acceptors (Lipinski definition) is 2. The fourth-order valence-electron chi connectivity index (χ4n) is 1.36. The molecule has 0 spiro atoms. The molecule has 0 aromatic heterocycles. The van der Waals surface area contributed by atoms with Gasteiger partial charge in [-0.25, -0.2) is 4.39 Å². The van der Waals surface area contributed by atoms with Crippen LogP contribution in [0.5, 0.6) is 0 Å². The Balaban J connectivity index is 2.82. The molecule has 0 aliphatic rings. The van der Waals surface area contributed by atoms with Crippen LogP contribution in [-0.2, 0) is 17.8 Å². The second-order valence-electron chi connectivity index (χ2n) is 3.27. The lowest BCUT2D eigenvalue weighted by molar-refractivity contribution is -0.118. The van der Waals surface area contributed by atoms with E-state index >= 15 is 0 Å². The smallest absolute Gasteiger partial charge is 0.138 e. The zero-order valence-electron chi connectivity index (χ0n) is 8.30. The SMILES string of the molecule is NCc1ccc(F)cc1CC(=O)CCCl. The van der Waals surface area contributed by atoms with Gasteiger partial charge >= 0.3 is 0 Å². The Morgan fingerprint density at radius 1 is 1.40 bits per heavy atom. The number of Topliss-reactive ketones (excluding diaryl/α,β-unsaturated/α-hetero) is 1. The van der Waals surface area contributed by atoms with Crippen molar-refractivity contribution in [3.63, 3.8) is 0 Å². The van der Waals surface area contributed by atoms with Gasteiger partial charge in [0.25, 0.3) is 0 Å². The van der Waals surface area contributed by atoms with Crippen molar-refractivity contribution >= 4 is 17.4 Å². The van der Waals surface area contributed by atoms with Gasteiger partial charge in [0.15, 0.2) is 0 Å². The molecule has 0 aliphatic heterocycles. The van der Waals surface area contributed by atoms with Crippen LogP contribution in [0.15, 0.2) is 18.2 Å². The molecule has 0 unspecified atom stereocenters. The molecule has 0 saturated carbocycles. The summed E-state index contributed by atoms with van der Waals surface area (Å²) < 4.78 is 12.9. The second kappa shape index (κ2) is 5.83. The van der Waals surface area contributed by atoms with Crippen molar-refractivity contribution in [3.8, 4) is 0 Å². The molecule has 1 aromatic carbocycles. The van der Waals surface area contributed by atoms with Crippen molar-refractivity contribution in [3.05, 3.63) is 35.1 Å². The van der Waals surface area contributed by atoms with E-state index in [0.29, 0.717) is 24.4 Å². The van der Waals surface area contributed by atoms with Crippen LogP contribution in [0.1, 0.15) is 17.5 Å². The highest BCUT2D eigenvalue weighted by molar-refractivity contribution is 6.19. The van der Waals surface area contributed by atoms with E-state index in [2.05, 4.69) is 0 Å². The average molecular weight is 230 g/mol. The summed E-state index contributed by atoms with van der Waals surface area (Å²) in [5.41, 5.74) is 6.96. The predicted octanol–water partition coefficient (Wildman–Crippen LogP) is 2.02. The topological polar surface area (TPSA) is 43.1 Å². The highest BCUT2D eigenvalue weighted by Crippen LogP contribution is 2.12. The number of benzene rings is 1. The van der Waals surface area contributed by atoms with Gasteiger partial charge in [0.2, 0.25) is 0 Å². The maximum absolute atomic E-state index is 12.9. The van der Waals surface area contributed by atoms with Crippen molar-refractivity contribution < 1.29 is 9.18 Å². The van der Waals surface area contributed by atoms with Crippen molar-refractivity contribution in [2.75, 3.05) is 5.88 Å². The molecule has 2 N–H and O–H groups in total. The Bertz CT molecular complexity index is 354. The summed E-state index contributed by atoms with van der Waals surface area (Å²) >= 11 is 5.45. The predicted molar refractivity (Wildman–Crippen MR) is 58.3 cm³/mol. The van der Waals surface area contributed by atoms with Crippen LogP contribution in [0, 0.1) is 5.82 Å². The first kappa shape index (κ1) is 12.1. The number of carbonyl (C=O) groups is 1. The molecule has 82 valence electrons. The van der Waals surface area contributed by atoms with E-state index in [1.165, 1.54) is 12.1 Å². The average Bonchev–Trinajstić information content (AvgIpc) is 2.18.